The zero-order valence-corrected chi connectivity index (χ0v) is 12.9. The molecule has 1 heterocycles. The summed E-state index contributed by atoms with van der Waals surface area (Å²) in [7, 11) is 1.39. The standard InChI is InChI=1S/C15H27NO3/c1-11(15(2,3)4)10-13(17)16-9-7-6-8-12(16)14(18)19-5/h11-12H,6-10H2,1-5H3/t11?,12-/m1/s1. The molecule has 4 nitrogen and oxygen atoms in total. The first-order valence-corrected chi connectivity index (χ1v) is 7.14. The van der Waals surface area contributed by atoms with Gasteiger partial charge in [-0.15, -0.1) is 0 Å². The number of hydrogen-bond acceptors (Lipinski definition) is 3. The van der Waals surface area contributed by atoms with Gasteiger partial charge in [-0.25, -0.2) is 4.79 Å². The van der Waals surface area contributed by atoms with Crippen LogP contribution in [-0.2, 0) is 14.3 Å². The van der Waals surface area contributed by atoms with Crippen LogP contribution in [0, 0.1) is 11.3 Å². The Bertz CT molecular complexity index is 333. The maximum Gasteiger partial charge on any atom is 0.328 e. The van der Waals surface area contributed by atoms with E-state index in [0.29, 0.717) is 18.9 Å². The predicted octanol–water partition coefficient (Wildman–Crippen LogP) is 2.61. The van der Waals surface area contributed by atoms with Crippen molar-refractivity contribution >= 4 is 11.9 Å². The van der Waals surface area contributed by atoms with E-state index in [1.54, 1.807) is 4.90 Å². The van der Waals surface area contributed by atoms with Crippen LogP contribution in [0.1, 0.15) is 53.4 Å². The summed E-state index contributed by atoms with van der Waals surface area (Å²) < 4.78 is 4.81. The molecule has 4 heteroatoms. The number of piperidine rings is 1. The molecule has 0 N–H and O–H groups in total. The van der Waals surface area contributed by atoms with Crippen molar-refractivity contribution < 1.29 is 14.3 Å². The lowest BCUT2D eigenvalue weighted by atomic mass is 9.79. The predicted molar refractivity (Wildman–Crippen MR) is 74.6 cm³/mol. The van der Waals surface area contributed by atoms with Crippen LogP contribution in [0.5, 0.6) is 0 Å². The van der Waals surface area contributed by atoms with Gasteiger partial charge in [0.25, 0.3) is 0 Å². The lowest BCUT2D eigenvalue weighted by molar-refractivity contribution is -0.155. The van der Waals surface area contributed by atoms with Gasteiger partial charge >= 0.3 is 5.97 Å². The first-order chi connectivity index (χ1) is 8.77. The Labute approximate surface area is 116 Å². The van der Waals surface area contributed by atoms with Crippen molar-refractivity contribution in [3.63, 3.8) is 0 Å². The van der Waals surface area contributed by atoms with Crippen LogP contribution in [0.25, 0.3) is 0 Å². The van der Waals surface area contributed by atoms with Crippen molar-refractivity contribution in [1.82, 2.24) is 4.90 Å². The van der Waals surface area contributed by atoms with Crippen LogP contribution >= 0.6 is 0 Å². The van der Waals surface area contributed by atoms with E-state index in [1.165, 1.54) is 7.11 Å². The third-order valence-electron chi connectivity index (χ3n) is 4.26. The average molecular weight is 269 g/mol. The third kappa shape index (κ3) is 4.22. The number of methoxy groups -OCH3 is 1. The molecule has 0 saturated carbocycles. The smallest absolute Gasteiger partial charge is 0.328 e. The van der Waals surface area contributed by atoms with Gasteiger partial charge in [0.15, 0.2) is 0 Å². The lowest BCUT2D eigenvalue weighted by Crippen LogP contribution is -2.49. The van der Waals surface area contributed by atoms with Gasteiger partial charge in [0.05, 0.1) is 7.11 Å². The maximum atomic E-state index is 12.4. The lowest BCUT2D eigenvalue weighted by Gasteiger charge is -2.36. The molecule has 0 radical (unpaired) electrons. The van der Waals surface area contributed by atoms with E-state index in [4.69, 9.17) is 4.74 Å². The summed E-state index contributed by atoms with van der Waals surface area (Å²) in [6.07, 6.45) is 3.18. The van der Waals surface area contributed by atoms with Crippen LogP contribution in [-0.4, -0.2) is 36.5 Å². The molecule has 0 aliphatic carbocycles. The molecule has 0 bridgehead atoms. The number of esters is 1. The van der Waals surface area contributed by atoms with Crippen LogP contribution in [0.2, 0.25) is 0 Å². The van der Waals surface area contributed by atoms with Crippen molar-refractivity contribution in [2.45, 2.75) is 59.4 Å². The van der Waals surface area contributed by atoms with Gasteiger partial charge in [-0.2, -0.15) is 0 Å². The molecule has 1 saturated heterocycles. The Morgan fingerprint density at radius 2 is 1.95 bits per heavy atom. The molecular formula is C15H27NO3. The van der Waals surface area contributed by atoms with Gasteiger partial charge in [0, 0.05) is 13.0 Å². The van der Waals surface area contributed by atoms with E-state index in [1.807, 2.05) is 0 Å². The van der Waals surface area contributed by atoms with E-state index in [2.05, 4.69) is 27.7 Å². The number of carbonyl (C=O) groups is 2. The topological polar surface area (TPSA) is 46.6 Å². The molecule has 19 heavy (non-hydrogen) atoms. The zero-order valence-electron chi connectivity index (χ0n) is 12.9. The number of nitrogens with zero attached hydrogens (tertiary/aromatic N) is 1. The molecule has 1 rings (SSSR count). The Hall–Kier alpha value is -1.06. The summed E-state index contributed by atoms with van der Waals surface area (Å²) in [6.45, 7) is 9.18. The molecule has 1 aliphatic heterocycles. The Morgan fingerprint density at radius 1 is 1.32 bits per heavy atom. The largest absolute Gasteiger partial charge is 0.467 e. The van der Waals surface area contributed by atoms with Crippen molar-refractivity contribution in [2.24, 2.45) is 11.3 Å². The molecule has 0 aromatic carbocycles. The molecule has 1 fully saturated rings. The number of ether oxygens (including phenoxy) is 1. The van der Waals surface area contributed by atoms with Gasteiger partial charge in [0.1, 0.15) is 6.04 Å². The molecule has 2 atom stereocenters. The van der Waals surface area contributed by atoms with Crippen molar-refractivity contribution in [3.05, 3.63) is 0 Å². The summed E-state index contributed by atoms with van der Waals surface area (Å²) in [4.78, 5) is 25.9. The number of rotatable bonds is 3. The molecular weight excluding hydrogens is 242 g/mol. The molecule has 0 spiro atoms. The maximum absolute atomic E-state index is 12.4. The first kappa shape index (κ1) is 16.0. The number of likely N-dealkylation sites (tertiary alicyclic amines) is 1. The minimum atomic E-state index is -0.376. The Morgan fingerprint density at radius 3 is 2.47 bits per heavy atom. The van der Waals surface area contributed by atoms with Crippen LogP contribution in [0.4, 0.5) is 0 Å². The SMILES string of the molecule is COC(=O)[C@H]1CCCCN1C(=O)CC(C)C(C)(C)C. The summed E-state index contributed by atoms with van der Waals surface area (Å²) in [5, 5.41) is 0. The minimum absolute atomic E-state index is 0.0810. The second-order valence-electron chi connectivity index (χ2n) is 6.59. The van der Waals surface area contributed by atoms with Gasteiger partial charge in [-0.05, 0) is 30.6 Å². The van der Waals surface area contributed by atoms with Gasteiger partial charge in [-0.1, -0.05) is 27.7 Å². The van der Waals surface area contributed by atoms with E-state index < -0.39 is 0 Å². The zero-order chi connectivity index (χ0) is 14.6. The van der Waals surface area contributed by atoms with Crippen LogP contribution < -0.4 is 0 Å². The monoisotopic (exact) mass is 269 g/mol. The van der Waals surface area contributed by atoms with Crippen LogP contribution in [0.15, 0.2) is 0 Å². The molecule has 0 aromatic rings. The van der Waals surface area contributed by atoms with E-state index in [-0.39, 0.29) is 23.3 Å². The first-order valence-electron chi connectivity index (χ1n) is 7.14. The fourth-order valence-electron chi connectivity index (χ4n) is 2.30. The minimum Gasteiger partial charge on any atom is -0.467 e. The van der Waals surface area contributed by atoms with Gasteiger partial charge in [0.2, 0.25) is 5.91 Å². The van der Waals surface area contributed by atoms with Crippen molar-refractivity contribution in [3.8, 4) is 0 Å². The molecule has 1 amide bonds. The van der Waals surface area contributed by atoms with E-state index in [9.17, 15) is 9.59 Å². The molecule has 0 aromatic heterocycles. The number of carbonyl (C=O) groups excluding carboxylic acids is 2. The van der Waals surface area contributed by atoms with Crippen molar-refractivity contribution in [2.75, 3.05) is 13.7 Å². The average Bonchev–Trinajstić information content (AvgIpc) is 2.36. The fourth-order valence-corrected chi connectivity index (χ4v) is 2.30. The molecule has 1 aliphatic rings. The van der Waals surface area contributed by atoms with Gasteiger partial charge < -0.3 is 9.64 Å². The summed E-state index contributed by atoms with van der Waals surface area (Å²) >= 11 is 0. The highest BCUT2D eigenvalue weighted by atomic mass is 16.5. The number of amides is 1. The normalized spacial score (nSPS) is 21.9. The van der Waals surface area contributed by atoms with E-state index >= 15 is 0 Å². The molecule has 1 unspecified atom stereocenters. The van der Waals surface area contributed by atoms with E-state index in [0.717, 1.165) is 19.3 Å². The van der Waals surface area contributed by atoms with Crippen LogP contribution in [0.3, 0.4) is 0 Å². The second kappa shape index (κ2) is 6.40. The van der Waals surface area contributed by atoms with Gasteiger partial charge in [-0.3, -0.25) is 4.79 Å². The second-order valence-corrected chi connectivity index (χ2v) is 6.59. The quantitative estimate of drug-likeness (QED) is 0.740. The summed E-state index contributed by atoms with van der Waals surface area (Å²) in [6, 6.07) is -0.376. The fraction of sp³-hybridized carbons (Fsp3) is 0.867. The highest BCUT2D eigenvalue weighted by molar-refractivity contribution is 5.84. The molecule has 110 valence electrons. The Kier molecular flexibility index (Phi) is 5.39. The van der Waals surface area contributed by atoms with Crippen molar-refractivity contribution in [1.29, 1.82) is 0 Å². The Balaban J connectivity index is 2.70. The number of hydrogen-bond donors (Lipinski definition) is 0. The summed E-state index contributed by atoms with van der Waals surface area (Å²) in [5.41, 5.74) is 0.103. The highest BCUT2D eigenvalue weighted by Gasteiger charge is 2.34. The summed E-state index contributed by atoms with van der Waals surface area (Å²) in [5.74, 6) is 0.0919. The highest BCUT2D eigenvalue weighted by Crippen LogP contribution is 2.29. The third-order valence-corrected chi connectivity index (χ3v) is 4.26.